The number of urea groups is 1. The smallest absolute Gasteiger partial charge is 0.317 e. The Morgan fingerprint density at radius 3 is 2.94 bits per heavy atom. The number of hydrogen-bond donors (Lipinski definition) is 2. The summed E-state index contributed by atoms with van der Waals surface area (Å²) in [6.07, 6.45) is 2.67. The number of carbonyl (C=O) groups excluding carboxylic acids is 2. The van der Waals surface area contributed by atoms with Gasteiger partial charge in [-0.05, 0) is 37.1 Å². The van der Waals surface area contributed by atoms with E-state index in [0.29, 0.717) is 24.7 Å². The van der Waals surface area contributed by atoms with Gasteiger partial charge in [0.1, 0.15) is 0 Å². The lowest BCUT2D eigenvalue weighted by Gasteiger charge is -2.37. The summed E-state index contributed by atoms with van der Waals surface area (Å²) in [5, 5.41) is 8.46. The molecule has 2 aromatic heterocycles. The lowest BCUT2D eigenvalue weighted by atomic mass is 10.0. The molecule has 4 rings (SSSR count). The van der Waals surface area contributed by atoms with E-state index in [0.717, 1.165) is 29.4 Å². The zero-order chi connectivity index (χ0) is 22.1. The number of nitrogens with zero attached hydrogens (tertiary/aromatic N) is 4. The van der Waals surface area contributed by atoms with E-state index in [2.05, 4.69) is 15.4 Å². The lowest BCUT2D eigenvalue weighted by Crippen LogP contribution is -2.52. The second-order valence-corrected chi connectivity index (χ2v) is 8.28. The van der Waals surface area contributed by atoms with Crippen LogP contribution in [0.5, 0.6) is 0 Å². The summed E-state index contributed by atoms with van der Waals surface area (Å²) < 4.78 is 15.2. The molecule has 0 bridgehead atoms. The van der Waals surface area contributed by atoms with Crippen molar-refractivity contribution < 1.29 is 14.0 Å². The molecule has 10 heteroatoms. The van der Waals surface area contributed by atoms with Crippen LogP contribution in [-0.2, 0) is 13.6 Å². The predicted octanol–water partition coefficient (Wildman–Crippen LogP) is 3.14. The maximum absolute atomic E-state index is 13.9. The van der Waals surface area contributed by atoms with E-state index >= 15 is 0 Å². The zero-order valence-corrected chi connectivity index (χ0v) is 18.1. The number of halogens is 2. The van der Waals surface area contributed by atoms with Crippen molar-refractivity contribution in [1.82, 2.24) is 29.9 Å². The highest BCUT2D eigenvalue weighted by Crippen LogP contribution is 2.21. The summed E-state index contributed by atoms with van der Waals surface area (Å²) in [5.41, 5.74) is 1.63. The van der Waals surface area contributed by atoms with Gasteiger partial charge in [0.15, 0.2) is 11.5 Å². The molecular formula is C21H24ClFN6O2. The van der Waals surface area contributed by atoms with Crippen LogP contribution in [0, 0.1) is 5.82 Å². The van der Waals surface area contributed by atoms with E-state index in [1.807, 2.05) is 24.3 Å². The second-order valence-electron chi connectivity index (χ2n) is 7.84. The van der Waals surface area contributed by atoms with Gasteiger partial charge in [-0.1, -0.05) is 11.6 Å². The Morgan fingerprint density at radius 1 is 1.39 bits per heavy atom. The van der Waals surface area contributed by atoms with Crippen molar-refractivity contribution in [2.75, 3.05) is 20.1 Å². The van der Waals surface area contributed by atoms with E-state index in [1.54, 1.807) is 23.9 Å². The molecule has 0 unspecified atom stereocenters. The van der Waals surface area contributed by atoms with E-state index in [-0.39, 0.29) is 17.8 Å². The Morgan fingerprint density at radius 2 is 2.19 bits per heavy atom. The summed E-state index contributed by atoms with van der Waals surface area (Å²) in [6, 6.07) is 7.12. The van der Waals surface area contributed by atoms with Crippen molar-refractivity contribution in [1.29, 1.82) is 0 Å². The summed E-state index contributed by atoms with van der Waals surface area (Å²) >= 11 is 6.02. The first-order valence-electron chi connectivity index (χ1n) is 10.1. The molecule has 1 fully saturated rings. The fourth-order valence-electron chi connectivity index (χ4n) is 3.93. The SMILES string of the molecule is CN(C(=O)NCc1cc2cc(Cl)ccc2[nH]1)[C@@H]1CCCN(C(=O)c2nn(C)cc2F)C1. The molecule has 1 aliphatic rings. The summed E-state index contributed by atoms with van der Waals surface area (Å²) in [5.74, 6) is -1.09. The van der Waals surface area contributed by atoms with Gasteiger partial charge in [0, 0.05) is 48.8 Å². The standard InChI is InChI=1S/C21H24ClFN6O2/c1-27-12-17(23)19(26-27)20(30)29-7-3-4-16(11-29)28(2)21(31)24-10-15-9-13-8-14(22)5-6-18(13)25-15/h5-6,8-9,12,16,25H,3-4,7,10-11H2,1-2H3,(H,24,31)/t16-/m1/s1. The molecule has 0 spiro atoms. The molecule has 3 heterocycles. The van der Waals surface area contributed by atoms with Gasteiger partial charge < -0.3 is 20.1 Å². The first-order valence-corrected chi connectivity index (χ1v) is 10.5. The molecule has 2 N–H and O–H groups in total. The van der Waals surface area contributed by atoms with E-state index in [4.69, 9.17) is 11.6 Å². The molecule has 1 saturated heterocycles. The van der Waals surface area contributed by atoms with Crippen LogP contribution < -0.4 is 5.32 Å². The average molecular weight is 447 g/mol. The van der Waals surface area contributed by atoms with Crippen LogP contribution in [0.15, 0.2) is 30.5 Å². The Hall–Kier alpha value is -3.07. The minimum atomic E-state index is -0.639. The van der Waals surface area contributed by atoms with Crippen LogP contribution in [0.3, 0.4) is 0 Å². The molecule has 0 aliphatic carbocycles. The number of likely N-dealkylation sites (tertiary alicyclic amines) is 1. The first kappa shape index (κ1) is 21.2. The highest BCUT2D eigenvalue weighted by molar-refractivity contribution is 6.31. The fourth-order valence-corrected chi connectivity index (χ4v) is 4.11. The Kier molecular flexibility index (Phi) is 5.86. The van der Waals surface area contributed by atoms with Crippen molar-refractivity contribution in [3.05, 3.63) is 52.7 Å². The highest BCUT2D eigenvalue weighted by atomic mass is 35.5. The molecular weight excluding hydrogens is 423 g/mol. The molecule has 0 saturated carbocycles. The molecule has 3 amide bonds. The molecule has 31 heavy (non-hydrogen) atoms. The minimum absolute atomic E-state index is 0.161. The topological polar surface area (TPSA) is 86.3 Å². The average Bonchev–Trinajstić information content (AvgIpc) is 3.32. The van der Waals surface area contributed by atoms with Gasteiger partial charge in [-0.2, -0.15) is 5.10 Å². The quantitative estimate of drug-likeness (QED) is 0.645. The fraction of sp³-hybridized carbons (Fsp3) is 0.381. The van der Waals surface area contributed by atoms with Crippen LogP contribution in [0.4, 0.5) is 9.18 Å². The van der Waals surface area contributed by atoms with Crippen molar-refractivity contribution in [3.8, 4) is 0 Å². The minimum Gasteiger partial charge on any atom is -0.357 e. The number of hydrogen-bond acceptors (Lipinski definition) is 3. The highest BCUT2D eigenvalue weighted by Gasteiger charge is 2.31. The monoisotopic (exact) mass is 446 g/mol. The number of piperidine rings is 1. The van der Waals surface area contributed by atoms with Crippen molar-refractivity contribution in [3.63, 3.8) is 0 Å². The lowest BCUT2D eigenvalue weighted by molar-refractivity contribution is 0.0625. The number of aromatic nitrogens is 3. The number of nitrogens with one attached hydrogen (secondary N) is 2. The van der Waals surface area contributed by atoms with Crippen LogP contribution >= 0.6 is 11.6 Å². The molecule has 3 aromatic rings. The molecule has 164 valence electrons. The van der Waals surface area contributed by atoms with Gasteiger partial charge in [-0.15, -0.1) is 0 Å². The van der Waals surface area contributed by atoms with Crippen LogP contribution in [0.2, 0.25) is 5.02 Å². The number of aryl methyl sites for hydroxylation is 1. The van der Waals surface area contributed by atoms with Crippen LogP contribution in [0.25, 0.3) is 10.9 Å². The summed E-state index contributed by atoms with van der Waals surface area (Å²) in [7, 11) is 3.28. The summed E-state index contributed by atoms with van der Waals surface area (Å²) in [6.45, 7) is 1.19. The van der Waals surface area contributed by atoms with Crippen LogP contribution in [0.1, 0.15) is 29.0 Å². The summed E-state index contributed by atoms with van der Waals surface area (Å²) in [4.78, 5) is 31.8. The van der Waals surface area contributed by atoms with Crippen LogP contribution in [-0.4, -0.2) is 62.7 Å². The van der Waals surface area contributed by atoms with E-state index in [1.165, 1.54) is 10.9 Å². The molecule has 0 radical (unpaired) electrons. The number of benzene rings is 1. The number of H-pyrrole nitrogens is 1. The third-order valence-corrected chi connectivity index (χ3v) is 5.84. The largest absolute Gasteiger partial charge is 0.357 e. The first-order chi connectivity index (χ1) is 14.8. The Labute approximate surface area is 183 Å². The number of fused-ring (bicyclic) bond motifs is 1. The van der Waals surface area contributed by atoms with Crippen molar-refractivity contribution in [2.45, 2.75) is 25.4 Å². The van der Waals surface area contributed by atoms with Crippen molar-refractivity contribution in [2.24, 2.45) is 7.05 Å². The third kappa shape index (κ3) is 4.51. The number of likely N-dealkylation sites (N-methyl/N-ethyl adjacent to an activating group) is 1. The number of rotatable bonds is 4. The van der Waals surface area contributed by atoms with E-state index in [9.17, 15) is 14.0 Å². The van der Waals surface area contributed by atoms with E-state index < -0.39 is 11.7 Å². The Balaban J connectivity index is 1.36. The second kappa shape index (κ2) is 8.58. The van der Waals surface area contributed by atoms with Crippen molar-refractivity contribution >= 4 is 34.4 Å². The van der Waals surface area contributed by atoms with Gasteiger partial charge in [0.2, 0.25) is 0 Å². The van der Waals surface area contributed by atoms with Gasteiger partial charge in [-0.3, -0.25) is 9.48 Å². The normalized spacial score (nSPS) is 16.5. The molecule has 8 nitrogen and oxygen atoms in total. The number of aromatic amines is 1. The third-order valence-electron chi connectivity index (χ3n) is 5.61. The van der Waals surface area contributed by atoms with Gasteiger partial charge in [0.05, 0.1) is 18.8 Å². The van der Waals surface area contributed by atoms with Gasteiger partial charge in [-0.25, -0.2) is 9.18 Å². The molecule has 1 aromatic carbocycles. The van der Waals surface area contributed by atoms with Gasteiger partial charge >= 0.3 is 6.03 Å². The maximum Gasteiger partial charge on any atom is 0.317 e. The Bertz CT molecular complexity index is 1130. The number of carbonyl (C=O) groups is 2. The maximum atomic E-state index is 13.9. The molecule has 1 atom stereocenters. The predicted molar refractivity (Wildman–Crippen MR) is 115 cm³/mol. The zero-order valence-electron chi connectivity index (χ0n) is 17.4. The molecule has 1 aliphatic heterocycles. The number of amides is 3. The van der Waals surface area contributed by atoms with Gasteiger partial charge in [0.25, 0.3) is 5.91 Å².